The summed E-state index contributed by atoms with van der Waals surface area (Å²) in [5, 5.41) is 7.88. The maximum atomic E-state index is 12.9. The van der Waals surface area contributed by atoms with Gasteiger partial charge in [-0.25, -0.2) is 0 Å². The molecule has 21 heavy (non-hydrogen) atoms. The molecule has 5 nitrogen and oxygen atoms in total. The molecular formula is C16H28N4O. The monoisotopic (exact) mass is 292 g/mol. The van der Waals surface area contributed by atoms with E-state index in [0.29, 0.717) is 12.0 Å². The summed E-state index contributed by atoms with van der Waals surface area (Å²) >= 11 is 0. The van der Waals surface area contributed by atoms with Crippen molar-refractivity contribution in [1.82, 2.24) is 20.0 Å². The zero-order valence-corrected chi connectivity index (χ0v) is 13.7. The zero-order chi connectivity index (χ0) is 15.4. The second-order valence-corrected chi connectivity index (χ2v) is 6.41. The molecule has 0 aliphatic carbocycles. The van der Waals surface area contributed by atoms with Gasteiger partial charge in [0.05, 0.1) is 11.3 Å². The molecule has 0 radical (unpaired) electrons. The topological polar surface area (TPSA) is 50.2 Å². The third-order valence-corrected chi connectivity index (χ3v) is 3.95. The van der Waals surface area contributed by atoms with E-state index < -0.39 is 0 Å². The van der Waals surface area contributed by atoms with Crippen LogP contribution < -0.4 is 5.32 Å². The van der Waals surface area contributed by atoms with Crippen LogP contribution in [0.25, 0.3) is 0 Å². The van der Waals surface area contributed by atoms with Gasteiger partial charge < -0.3 is 10.2 Å². The van der Waals surface area contributed by atoms with Gasteiger partial charge in [-0.05, 0) is 31.7 Å². The molecule has 0 spiro atoms. The second kappa shape index (κ2) is 7.07. The van der Waals surface area contributed by atoms with Crippen molar-refractivity contribution in [1.29, 1.82) is 0 Å². The van der Waals surface area contributed by atoms with Gasteiger partial charge >= 0.3 is 0 Å². The number of amides is 1. The van der Waals surface area contributed by atoms with Gasteiger partial charge in [-0.2, -0.15) is 5.10 Å². The van der Waals surface area contributed by atoms with E-state index in [1.54, 1.807) is 4.68 Å². The Kier molecular flexibility index (Phi) is 5.39. The highest BCUT2D eigenvalue weighted by atomic mass is 16.2. The second-order valence-electron chi connectivity index (χ2n) is 6.41. The summed E-state index contributed by atoms with van der Waals surface area (Å²) in [4.78, 5) is 14.9. The first kappa shape index (κ1) is 16.0. The Hall–Kier alpha value is -1.36. The lowest BCUT2D eigenvalue weighted by atomic mass is 10.1. The van der Waals surface area contributed by atoms with E-state index in [0.717, 1.165) is 43.7 Å². The molecule has 1 N–H and O–H groups in total. The number of aryl methyl sites for hydroxylation is 2. The minimum atomic E-state index is 0.127. The molecule has 118 valence electrons. The first-order valence-corrected chi connectivity index (χ1v) is 8.06. The molecule has 1 aliphatic rings. The van der Waals surface area contributed by atoms with E-state index in [1.807, 2.05) is 25.1 Å². The lowest BCUT2D eigenvalue weighted by Gasteiger charge is -2.27. The standard InChI is InChI=1S/C16H28N4O/c1-5-15-14(11-19(4)18-15)16(21)20(9-12(2)3)10-13-7-6-8-17-13/h11-13,17H,5-10H2,1-4H3. The van der Waals surface area contributed by atoms with Crippen molar-refractivity contribution in [2.24, 2.45) is 13.0 Å². The van der Waals surface area contributed by atoms with Crippen LogP contribution in [0.4, 0.5) is 0 Å². The molecule has 1 saturated heterocycles. The Bertz CT molecular complexity index is 475. The van der Waals surface area contributed by atoms with Gasteiger partial charge in [-0.3, -0.25) is 9.48 Å². The Labute approximate surface area is 127 Å². The zero-order valence-electron chi connectivity index (χ0n) is 13.7. The molecule has 0 saturated carbocycles. The fourth-order valence-corrected chi connectivity index (χ4v) is 3.00. The van der Waals surface area contributed by atoms with E-state index >= 15 is 0 Å². The van der Waals surface area contributed by atoms with Crippen molar-refractivity contribution >= 4 is 5.91 Å². The molecule has 5 heteroatoms. The van der Waals surface area contributed by atoms with Crippen LogP contribution in [0, 0.1) is 5.92 Å². The molecule has 1 unspecified atom stereocenters. The Balaban J connectivity index is 2.15. The van der Waals surface area contributed by atoms with Crippen molar-refractivity contribution in [2.45, 2.75) is 46.1 Å². The fourth-order valence-electron chi connectivity index (χ4n) is 3.00. The van der Waals surface area contributed by atoms with Crippen molar-refractivity contribution in [3.63, 3.8) is 0 Å². The number of carbonyl (C=O) groups is 1. The van der Waals surface area contributed by atoms with Gasteiger partial charge in [0.1, 0.15) is 0 Å². The quantitative estimate of drug-likeness (QED) is 0.870. The number of carbonyl (C=O) groups excluding carboxylic acids is 1. The predicted molar refractivity (Wildman–Crippen MR) is 84.4 cm³/mol. The summed E-state index contributed by atoms with van der Waals surface area (Å²) in [7, 11) is 1.88. The Morgan fingerprint density at radius 1 is 1.57 bits per heavy atom. The average Bonchev–Trinajstić information content (AvgIpc) is 3.05. The summed E-state index contributed by atoms with van der Waals surface area (Å²) in [6.45, 7) is 9.04. The van der Waals surface area contributed by atoms with E-state index in [4.69, 9.17) is 0 Å². The lowest BCUT2D eigenvalue weighted by molar-refractivity contribution is 0.0720. The van der Waals surface area contributed by atoms with Crippen LogP contribution in [0.15, 0.2) is 6.20 Å². The fraction of sp³-hybridized carbons (Fsp3) is 0.750. The van der Waals surface area contributed by atoms with Crippen LogP contribution in [0.1, 0.15) is 49.7 Å². The van der Waals surface area contributed by atoms with E-state index in [9.17, 15) is 4.79 Å². The van der Waals surface area contributed by atoms with Gasteiger partial charge in [-0.1, -0.05) is 20.8 Å². The maximum Gasteiger partial charge on any atom is 0.257 e. The molecule has 1 amide bonds. The molecule has 1 aromatic heterocycles. The number of hydrogen-bond donors (Lipinski definition) is 1. The van der Waals surface area contributed by atoms with Gasteiger partial charge in [0.2, 0.25) is 0 Å². The van der Waals surface area contributed by atoms with Crippen LogP contribution >= 0.6 is 0 Å². The summed E-state index contributed by atoms with van der Waals surface area (Å²) in [6.07, 6.45) is 5.02. The normalized spacial score (nSPS) is 18.4. The minimum Gasteiger partial charge on any atom is -0.337 e. The highest BCUT2D eigenvalue weighted by molar-refractivity contribution is 5.95. The summed E-state index contributed by atoms with van der Waals surface area (Å²) in [6, 6.07) is 0.439. The third kappa shape index (κ3) is 4.06. The van der Waals surface area contributed by atoms with Gasteiger partial charge in [-0.15, -0.1) is 0 Å². The van der Waals surface area contributed by atoms with Crippen LogP contribution in [0.3, 0.4) is 0 Å². The van der Waals surface area contributed by atoms with Crippen molar-refractivity contribution in [3.8, 4) is 0 Å². The van der Waals surface area contributed by atoms with Crippen molar-refractivity contribution in [3.05, 3.63) is 17.5 Å². The number of rotatable bonds is 6. The highest BCUT2D eigenvalue weighted by Crippen LogP contribution is 2.15. The molecular weight excluding hydrogens is 264 g/mol. The SMILES string of the molecule is CCc1nn(C)cc1C(=O)N(CC(C)C)CC1CCCN1. The number of nitrogens with one attached hydrogen (secondary N) is 1. The van der Waals surface area contributed by atoms with Crippen molar-refractivity contribution in [2.75, 3.05) is 19.6 Å². The van der Waals surface area contributed by atoms with E-state index in [1.165, 1.54) is 6.42 Å². The minimum absolute atomic E-state index is 0.127. The van der Waals surface area contributed by atoms with Crippen LogP contribution in [0.2, 0.25) is 0 Å². The average molecular weight is 292 g/mol. The van der Waals surface area contributed by atoms with E-state index in [2.05, 4.69) is 24.3 Å². The summed E-state index contributed by atoms with van der Waals surface area (Å²) in [5.41, 5.74) is 1.66. The first-order chi connectivity index (χ1) is 10.0. The predicted octanol–water partition coefficient (Wildman–Crippen LogP) is 1.83. The molecule has 0 aromatic carbocycles. The number of aromatic nitrogens is 2. The Morgan fingerprint density at radius 3 is 2.90 bits per heavy atom. The lowest BCUT2D eigenvalue weighted by Crippen LogP contribution is -2.43. The largest absolute Gasteiger partial charge is 0.337 e. The third-order valence-electron chi connectivity index (χ3n) is 3.95. The molecule has 1 fully saturated rings. The smallest absolute Gasteiger partial charge is 0.257 e. The van der Waals surface area contributed by atoms with Gasteiger partial charge in [0, 0.05) is 32.4 Å². The Morgan fingerprint density at radius 2 is 2.33 bits per heavy atom. The highest BCUT2D eigenvalue weighted by Gasteiger charge is 2.25. The maximum absolute atomic E-state index is 12.9. The van der Waals surface area contributed by atoms with Gasteiger partial charge in [0.15, 0.2) is 0 Å². The van der Waals surface area contributed by atoms with Crippen LogP contribution in [0.5, 0.6) is 0 Å². The molecule has 2 heterocycles. The summed E-state index contributed by atoms with van der Waals surface area (Å²) < 4.78 is 1.74. The first-order valence-electron chi connectivity index (χ1n) is 8.06. The molecule has 2 rings (SSSR count). The molecule has 1 aliphatic heterocycles. The van der Waals surface area contributed by atoms with Crippen LogP contribution in [-0.2, 0) is 13.5 Å². The molecule has 0 bridgehead atoms. The van der Waals surface area contributed by atoms with Crippen LogP contribution in [-0.4, -0.2) is 46.3 Å². The van der Waals surface area contributed by atoms with Gasteiger partial charge in [0.25, 0.3) is 5.91 Å². The van der Waals surface area contributed by atoms with E-state index in [-0.39, 0.29) is 5.91 Å². The summed E-state index contributed by atoms with van der Waals surface area (Å²) in [5.74, 6) is 0.597. The van der Waals surface area contributed by atoms with Crippen molar-refractivity contribution < 1.29 is 4.79 Å². The molecule has 1 atom stereocenters. The number of nitrogens with zero attached hydrogens (tertiary/aromatic N) is 3. The number of hydrogen-bond acceptors (Lipinski definition) is 3. The molecule has 1 aromatic rings.